The molecule has 26 heavy (non-hydrogen) atoms. The van der Waals surface area contributed by atoms with Gasteiger partial charge in [0.25, 0.3) is 0 Å². The summed E-state index contributed by atoms with van der Waals surface area (Å²) in [6.07, 6.45) is 1.71. The topological polar surface area (TPSA) is 111 Å². The van der Waals surface area contributed by atoms with Crippen molar-refractivity contribution in [1.29, 1.82) is 0 Å². The molecule has 0 aromatic carbocycles. The van der Waals surface area contributed by atoms with E-state index in [4.69, 9.17) is 15.2 Å². The van der Waals surface area contributed by atoms with E-state index in [0.717, 1.165) is 0 Å². The third kappa shape index (κ3) is 7.53. The van der Waals surface area contributed by atoms with Crippen molar-refractivity contribution in [1.82, 2.24) is 10.2 Å². The van der Waals surface area contributed by atoms with Crippen LogP contribution >= 0.6 is 0 Å². The van der Waals surface area contributed by atoms with Gasteiger partial charge in [0.1, 0.15) is 5.54 Å². The Hall–Kier alpha value is -1.93. The Morgan fingerprint density at radius 2 is 1.88 bits per heavy atom. The zero-order chi connectivity index (χ0) is 20.5. The molecule has 0 spiro atoms. The van der Waals surface area contributed by atoms with E-state index in [1.54, 1.807) is 27.0 Å². The molecular formula is C18H33N3O5. The maximum absolute atomic E-state index is 12.4. The maximum atomic E-state index is 12.4. The lowest BCUT2D eigenvalue weighted by molar-refractivity contribution is -0.138. The number of likely N-dealkylation sites (N-methyl/N-ethyl adjacent to an activating group) is 1. The monoisotopic (exact) mass is 371 g/mol. The molecule has 0 aliphatic rings. The molecule has 0 saturated carbocycles. The van der Waals surface area contributed by atoms with Gasteiger partial charge in [-0.3, -0.25) is 9.59 Å². The Morgan fingerprint density at radius 1 is 1.31 bits per heavy atom. The number of ether oxygens (including phenoxy) is 2. The second-order valence-corrected chi connectivity index (χ2v) is 6.84. The van der Waals surface area contributed by atoms with Crippen LogP contribution in [0.15, 0.2) is 11.6 Å². The predicted molar refractivity (Wildman–Crippen MR) is 99.3 cm³/mol. The van der Waals surface area contributed by atoms with Crippen molar-refractivity contribution in [3.8, 4) is 0 Å². The van der Waals surface area contributed by atoms with Crippen LogP contribution in [0.25, 0.3) is 0 Å². The Morgan fingerprint density at radius 3 is 2.35 bits per heavy atom. The fourth-order valence-electron chi connectivity index (χ4n) is 2.33. The van der Waals surface area contributed by atoms with Crippen LogP contribution in [0, 0.1) is 5.92 Å². The third-order valence-corrected chi connectivity index (χ3v) is 3.90. The standard InChI is InChI=1S/C18H33N3O5/c1-8-26-16(23)13(4)9-14(12(2)3)21(6)15(22)10-20-17(24)18(5,19)11-25-7/h9,12,14H,8,10-11,19H2,1-7H3,(H,20,24)/b13-9+/t14-,18?/m1/s1. The lowest BCUT2D eigenvalue weighted by Crippen LogP contribution is -2.56. The summed E-state index contributed by atoms with van der Waals surface area (Å²) in [6.45, 7) is 8.94. The van der Waals surface area contributed by atoms with Gasteiger partial charge < -0.3 is 25.4 Å². The Bertz CT molecular complexity index is 529. The molecule has 0 aromatic heterocycles. The first-order valence-electron chi connectivity index (χ1n) is 8.65. The second kappa shape index (κ2) is 10.9. The first-order chi connectivity index (χ1) is 12.0. The minimum Gasteiger partial charge on any atom is -0.463 e. The molecule has 0 rings (SSSR count). The molecule has 8 heteroatoms. The predicted octanol–water partition coefficient (Wildman–Crippen LogP) is 0.459. The Kier molecular flexibility index (Phi) is 10.1. The molecule has 0 aromatic rings. The number of nitrogens with one attached hydrogen (secondary N) is 1. The number of carbonyl (C=O) groups excluding carboxylic acids is 3. The smallest absolute Gasteiger partial charge is 0.333 e. The average Bonchev–Trinajstić information content (AvgIpc) is 2.55. The van der Waals surface area contributed by atoms with Crippen LogP contribution in [0.1, 0.15) is 34.6 Å². The number of amides is 2. The van der Waals surface area contributed by atoms with Gasteiger partial charge in [0.05, 0.1) is 25.8 Å². The van der Waals surface area contributed by atoms with Crippen molar-refractivity contribution in [3.05, 3.63) is 11.6 Å². The molecule has 3 N–H and O–H groups in total. The molecule has 0 fully saturated rings. The first-order valence-corrected chi connectivity index (χ1v) is 8.65. The average molecular weight is 371 g/mol. The summed E-state index contributed by atoms with van der Waals surface area (Å²) < 4.78 is 9.88. The SMILES string of the molecule is CCOC(=O)/C(C)=C/[C@H](C(C)C)N(C)C(=O)CNC(=O)C(C)(N)COC. The van der Waals surface area contributed by atoms with Gasteiger partial charge in [-0.25, -0.2) is 4.79 Å². The highest BCUT2D eigenvalue weighted by Gasteiger charge is 2.29. The highest BCUT2D eigenvalue weighted by atomic mass is 16.5. The maximum Gasteiger partial charge on any atom is 0.333 e. The van der Waals surface area contributed by atoms with Crippen molar-refractivity contribution in [3.63, 3.8) is 0 Å². The summed E-state index contributed by atoms with van der Waals surface area (Å²) >= 11 is 0. The zero-order valence-corrected chi connectivity index (χ0v) is 16.9. The van der Waals surface area contributed by atoms with Crippen molar-refractivity contribution >= 4 is 17.8 Å². The molecule has 150 valence electrons. The largest absolute Gasteiger partial charge is 0.463 e. The minimum atomic E-state index is -1.22. The number of methoxy groups -OCH3 is 1. The van der Waals surface area contributed by atoms with Gasteiger partial charge in [0.15, 0.2) is 0 Å². The number of nitrogens with zero attached hydrogens (tertiary/aromatic N) is 1. The summed E-state index contributed by atoms with van der Waals surface area (Å²) in [5, 5.41) is 2.53. The lowest BCUT2D eigenvalue weighted by atomic mass is 10.00. The fraction of sp³-hybridized carbons (Fsp3) is 0.722. The number of esters is 1. The molecule has 0 saturated heterocycles. The number of nitrogens with two attached hydrogens (primary N) is 1. The van der Waals surface area contributed by atoms with Crippen LogP contribution in [0.5, 0.6) is 0 Å². The Balaban J connectivity index is 5.01. The van der Waals surface area contributed by atoms with E-state index in [9.17, 15) is 14.4 Å². The van der Waals surface area contributed by atoms with Gasteiger partial charge in [-0.1, -0.05) is 19.9 Å². The van der Waals surface area contributed by atoms with Gasteiger partial charge in [-0.2, -0.15) is 0 Å². The zero-order valence-electron chi connectivity index (χ0n) is 16.9. The highest BCUT2D eigenvalue weighted by molar-refractivity contribution is 5.90. The van der Waals surface area contributed by atoms with E-state index in [1.807, 2.05) is 13.8 Å². The number of hydrogen-bond acceptors (Lipinski definition) is 6. The van der Waals surface area contributed by atoms with Crippen LogP contribution in [0.4, 0.5) is 0 Å². The van der Waals surface area contributed by atoms with Crippen molar-refractivity contribution in [2.24, 2.45) is 11.7 Å². The van der Waals surface area contributed by atoms with E-state index < -0.39 is 17.4 Å². The number of carbonyl (C=O) groups is 3. The van der Waals surface area contributed by atoms with Crippen LogP contribution in [-0.2, 0) is 23.9 Å². The molecule has 0 heterocycles. The fourth-order valence-corrected chi connectivity index (χ4v) is 2.33. The van der Waals surface area contributed by atoms with E-state index in [2.05, 4.69) is 5.32 Å². The number of rotatable bonds is 10. The van der Waals surface area contributed by atoms with Crippen LogP contribution in [0.3, 0.4) is 0 Å². The van der Waals surface area contributed by atoms with Gasteiger partial charge in [0.2, 0.25) is 11.8 Å². The van der Waals surface area contributed by atoms with Gasteiger partial charge in [-0.15, -0.1) is 0 Å². The first kappa shape index (κ1) is 24.1. The van der Waals surface area contributed by atoms with Crippen molar-refractivity contribution < 1.29 is 23.9 Å². The van der Waals surface area contributed by atoms with Gasteiger partial charge in [-0.05, 0) is 26.7 Å². The molecule has 0 bridgehead atoms. The van der Waals surface area contributed by atoms with Gasteiger partial charge in [0, 0.05) is 19.7 Å². The van der Waals surface area contributed by atoms with Crippen LogP contribution in [0.2, 0.25) is 0 Å². The molecule has 2 amide bonds. The Labute approximate surface area is 156 Å². The normalized spacial score (nSPS) is 15.2. The molecular weight excluding hydrogens is 338 g/mol. The summed E-state index contributed by atoms with van der Waals surface area (Å²) in [4.78, 5) is 37.8. The molecule has 0 radical (unpaired) electrons. The second-order valence-electron chi connectivity index (χ2n) is 6.84. The molecule has 0 aliphatic heterocycles. The van der Waals surface area contributed by atoms with Crippen LogP contribution < -0.4 is 11.1 Å². The summed E-state index contributed by atoms with van der Waals surface area (Å²) in [7, 11) is 3.08. The van der Waals surface area contributed by atoms with E-state index in [0.29, 0.717) is 5.57 Å². The van der Waals surface area contributed by atoms with Crippen LogP contribution in [-0.4, -0.2) is 68.2 Å². The van der Waals surface area contributed by atoms with E-state index in [-0.39, 0.29) is 37.6 Å². The highest BCUT2D eigenvalue weighted by Crippen LogP contribution is 2.14. The third-order valence-electron chi connectivity index (χ3n) is 3.90. The molecule has 8 nitrogen and oxygen atoms in total. The summed E-state index contributed by atoms with van der Waals surface area (Å²) in [5.41, 5.74) is 5.06. The number of hydrogen-bond donors (Lipinski definition) is 2. The minimum absolute atomic E-state index is 0.0406. The van der Waals surface area contributed by atoms with Crippen molar-refractivity contribution in [2.45, 2.75) is 46.2 Å². The van der Waals surface area contributed by atoms with E-state index >= 15 is 0 Å². The lowest BCUT2D eigenvalue weighted by Gasteiger charge is -2.30. The molecule has 2 atom stereocenters. The van der Waals surface area contributed by atoms with Crippen molar-refractivity contribution in [2.75, 3.05) is 33.9 Å². The van der Waals surface area contributed by atoms with Gasteiger partial charge >= 0.3 is 5.97 Å². The summed E-state index contributed by atoms with van der Waals surface area (Å²) in [5.74, 6) is -1.11. The molecule has 0 aliphatic carbocycles. The summed E-state index contributed by atoms with van der Waals surface area (Å²) in [6, 6.07) is -0.313. The van der Waals surface area contributed by atoms with E-state index in [1.165, 1.54) is 18.9 Å². The quantitative estimate of drug-likeness (QED) is 0.426. The molecule has 1 unspecified atom stereocenters.